The molecule has 2 aromatic rings. The topological polar surface area (TPSA) is 119 Å². The standard InChI is InChI=1S/C36H51FN6O6/c1-24(2)43(27-10-15-46-20-27)33(44)29-16-25(37)6-9-30(29)48-31-17-38-23-39-32(31)42-21-36(22-42)11-13-41(14-12-36)18-28-8-7-26(19-47-28)40-34(45)49-35(3,4)5/h6,9,16-17,23-24,26-28H,7-8,10-15,18-22H2,1-5H3,(H,40,45)/t26-,27-,28+/m0/s1. The first-order chi connectivity index (χ1) is 23.4. The minimum atomic E-state index is -0.521. The number of likely N-dealkylation sites (tertiary alicyclic amines) is 1. The Morgan fingerprint density at radius 1 is 1.12 bits per heavy atom. The van der Waals surface area contributed by atoms with Crippen molar-refractivity contribution in [3.63, 3.8) is 0 Å². The summed E-state index contributed by atoms with van der Waals surface area (Å²) in [5, 5.41) is 2.93. The normalized spacial score (nSPS) is 24.1. The number of nitrogens with one attached hydrogen (secondary N) is 1. The summed E-state index contributed by atoms with van der Waals surface area (Å²) in [7, 11) is 0. The maximum Gasteiger partial charge on any atom is 0.407 e. The molecule has 0 radical (unpaired) electrons. The summed E-state index contributed by atoms with van der Waals surface area (Å²) in [6.45, 7) is 15.6. The highest BCUT2D eigenvalue weighted by molar-refractivity contribution is 5.97. The lowest BCUT2D eigenvalue weighted by Crippen LogP contribution is -2.61. The van der Waals surface area contributed by atoms with E-state index in [-0.39, 0.29) is 46.9 Å². The molecule has 3 atom stereocenters. The molecule has 4 aliphatic rings. The maximum atomic E-state index is 14.5. The van der Waals surface area contributed by atoms with Crippen LogP contribution in [0.25, 0.3) is 0 Å². The molecule has 4 saturated heterocycles. The van der Waals surface area contributed by atoms with Gasteiger partial charge in [0.25, 0.3) is 5.91 Å². The molecular weight excluding hydrogens is 631 g/mol. The summed E-state index contributed by atoms with van der Waals surface area (Å²) in [4.78, 5) is 41.2. The SMILES string of the molecule is CC(C)N(C(=O)c1cc(F)ccc1Oc1cncnc1N1CC2(CCN(C[C@H]3CC[C@H](NC(=O)OC(C)(C)C)CO3)CC2)C1)[C@H]1CCOC1. The molecule has 0 aliphatic carbocycles. The van der Waals surface area contributed by atoms with Crippen molar-refractivity contribution in [2.24, 2.45) is 5.41 Å². The minimum Gasteiger partial charge on any atom is -0.451 e. The molecule has 0 saturated carbocycles. The highest BCUT2D eigenvalue weighted by Crippen LogP contribution is 2.45. The van der Waals surface area contributed by atoms with Gasteiger partial charge in [0.05, 0.1) is 43.2 Å². The number of rotatable bonds is 9. The Balaban J connectivity index is 1.02. The Hall–Kier alpha value is -3.55. The molecule has 12 nitrogen and oxygen atoms in total. The maximum absolute atomic E-state index is 14.5. The minimum absolute atomic E-state index is 0.0238. The van der Waals surface area contributed by atoms with Gasteiger partial charge in [0, 0.05) is 37.7 Å². The van der Waals surface area contributed by atoms with Crippen LogP contribution in [0.2, 0.25) is 0 Å². The van der Waals surface area contributed by atoms with Gasteiger partial charge in [-0.05, 0) is 98.0 Å². The average molecular weight is 683 g/mol. The number of nitrogens with zero attached hydrogens (tertiary/aromatic N) is 5. The number of amides is 2. The summed E-state index contributed by atoms with van der Waals surface area (Å²) in [6.07, 6.45) is 7.55. The molecular formula is C36H51FN6O6. The number of halogens is 1. The number of hydrogen-bond donors (Lipinski definition) is 1. The number of hydrogen-bond acceptors (Lipinski definition) is 10. The highest BCUT2D eigenvalue weighted by atomic mass is 19.1. The van der Waals surface area contributed by atoms with E-state index in [4.69, 9.17) is 18.9 Å². The van der Waals surface area contributed by atoms with Gasteiger partial charge in [-0.1, -0.05) is 0 Å². The van der Waals surface area contributed by atoms with Gasteiger partial charge >= 0.3 is 6.09 Å². The van der Waals surface area contributed by atoms with Crippen LogP contribution in [0.15, 0.2) is 30.7 Å². The molecule has 1 spiro atoms. The van der Waals surface area contributed by atoms with Crippen LogP contribution >= 0.6 is 0 Å². The predicted molar refractivity (Wildman–Crippen MR) is 181 cm³/mol. The molecule has 6 rings (SSSR count). The van der Waals surface area contributed by atoms with E-state index < -0.39 is 17.5 Å². The molecule has 1 aromatic carbocycles. The fraction of sp³-hybridized carbons (Fsp3) is 0.667. The van der Waals surface area contributed by atoms with Crippen molar-refractivity contribution < 1.29 is 32.9 Å². The third-order valence-electron chi connectivity index (χ3n) is 9.96. The molecule has 4 aliphatic heterocycles. The number of aromatic nitrogens is 2. The molecule has 268 valence electrons. The summed E-state index contributed by atoms with van der Waals surface area (Å²) < 4.78 is 37.9. The largest absolute Gasteiger partial charge is 0.451 e. The lowest BCUT2D eigenvalue weighted by Gasteiger charge is -2.54. The van der Waals surface area contributed by atoms with Crippen LogP contribution in [0.4, 0.5) is 15.0 Å². The lowest BCUT2D eigenvalue weighted by atomic mass is 9.72. The summed E-state index contributed by atoms with van der Waals surface area (Å²) in [5.41, 5.74) is -0.154. The van der Waals surface area contributed by atoms with Gasteiger partial charge in [-0.2, -0.15) is 0 Å². The van der Waals surface area contributed by atoms with Gasteiger partial charge in [-0.15, -0.1) is 0 Å². The Morgan fingerprint density at radius 2 is 1.90 bits per heavy atom. The number of carbonyl (C=O) groups is 2. The van der Waals surface area contributed by atoms with E-state index in [0.717, 1.165) is 64.8 Å². The second-order valence-electron chi connectivity index (χ2n) is 15.3. The van der Waals surface area contributed by atoms with Crippen LogP contribution < -0.4 is 15.0 Å². The van der Waals surface area contributed by atoms with E-state index in [1.165, 1.54) is 24.5 Å². The van der Waals surface area contributed by atoms with Crippen LogP contribution in [-0.2, 0) is 14.2 Å². The summed E-state index contributed by atoms with van der Waals surface area (Å²) >= 11 is 0. The van der Waals surface area contributed by atoms with E-state index in [2.05, 4.69) is 25.1 Å². The lowest BCUT2D eigenvalue weighted by molar-refractivity contribution is -0.0347. The first-order valence-corrected chi connectivity index (χ1v) is 17.6. The predicted octanol–water partition coefficient (Wildman–Crippen LogP) is 5.02. The smallest absolute Gasteiger partial charge is 0.407 e. The molecule has 13 heteroatoms. The fourth-order valence-electron chi connectivity index (χ4n) is 7.46. The summed E-state index contributed by atoms with van der Waals surface area (Å²) in [5.74, 6) is 0.582. The molecule has 49 heavy (non-hydrogen) atoms. The Morgan fingerprint density at radius 3 is 2.55 bits per heavy atom. The molecule has 0 bridgehead atoms. The monoisotopic (exact) mass is 682 g/mol. The second-order valence-corrected chi connectivity index (χ2v) is 15.3. The zero-order chi connectivity index (χ0) is 34.8. The van der Waals surface area contributed by atoms with Crippen LogP contribution in [0.3, 0.4) is 0 Å². The Labute approximate surface area is 288 Å². The second kappa shape index (κ2) is 14.7. The molecule has 2 amide bonds. The molecule has 1 N–H and O–H groups in total. The highest BCUT2D eigenvalue weighted by Gasteiger charge is 2.46. The first kappa shape index (κ1) is 35.3. The van der Waals surface area contributed by atoms with Gasteiger partial charge in [0.1, 0.15) is 23.5 Å². The first-order valence-electron chi connectivity index (χ1n) is 17.6. The average Bonchev–Trinajstić information content (AvgIpc) is 3.56. The Bertz CT molecular complexity index is 1460. The fourth-order valence-corrected chi connectivity index (χ4v) is 7.46. The zero-order valence-corrected chi connectivity index (χ0v) is 29.5. The number of alkyl carbamates (subject to hydrolysis) is 1. The van der Waals surface area contributed by atoms with Crippen molar-refractivity contribution in [2.75, 3.05) is 57.4 Å². The van der Waals surface area contributed by atoms with Crippen LogP contribution in [-0.4, -0.2) is 114 Å². The van der Waals surface area contributed by atoms with Crippen molar-refractivity contribution in [3.8, 4) is 11.5 Å². The third-order valence-corrected chi connectivity index (χ3v) is 9.96. The van der Waals surface area contributed by atoms with Gasteiger partial charge in [-0.25, -0.2) is 19.2 Å². The van der Waals surface area contributed by atoms with E-state index in [1.807, 2.05) is 34.6 Å². The quantitative estimate of drug-likeness (QED) is 0.386. The van der Waals surface area contributed by atoms with E-state index >= 15 is 0 Å². The third kappa shape index (κ3) is 8.61. The van der Waals surface area contributed by atoms with Crippen LogP contribution in [0, 0.1) is 11.2 Å². The molecule has 5 heterocycles. The number of piperidine rings is 1. The van der Waals surface area contributed by atoms with Gasteiger partial charge in [-0.3, -0.25) is 4.79 Å². The van der Waals surface area contributed by atoms with E-state index in [1.54, 1.807) is 11.1 Å². The molecule has 4 fully saturated rings. The van der Waals surface area contributed by atoms with Crippen molar-refractivity contribution in [1.82, 2.24) is 25.1 Å². The van der Waals surface area contributed by atoms with Gasteiger partial charge < -0.3 is 39.0 Å². The van der Waals surface area contributed by atoms with Crippen molar-refractivity contribution in [3.05, 3.63) is 42.1 Å². The van der Waals surface area contributed by atoms with E-state index in [0.29, 0.717) is 31.4 Å². The van der Waals surface area contributed by atoms with Crippen molar-refractivity contribution >= 4 is 17.8 Å². The van der Waals surface area contributed by atoms with Crippen LogP contribution in [0.1, 0.15) is 77.1 Å². The molecule has 1 aromatic heterocycles. The number of carbonyl (C=O) groups excluding carboxylic acids is 2. The Kier molecular flexibility index (Phi) is 10.6. The van der Waals surface area contributed by atoms with Gasteiger partial charge in [0.2, 0.25) is 0 Å². The van der Waals surface area contributed by atoms with Crippen LogP contribution in [0.5, 0.6) is 11.5 Å². The van der Waals surface area contributed by atoms with Gasteiger partial charge in [0.15, 0.2) is 11.6 Å². The number of anilines is 1. The zero-order valence-electron chi connectivity index (χ0n) is 29.5. The molecule has 0 unspecified atom stereocenters. The number of ether oxygens (including phenoxy) is 4. The van der Waals surface area contributed by atoms with E-state index in [9.17, 15) is 14.0 Å². The number of benzene rings is 1. The van der Waals surface area contributed by atoms with Crippen molar-refractivity contribution in [1.29, 1.82) is 0 Å². The summed E-state index contributed by atoms with van der Waals surface area (Å²) in [6, 6.07) is 3.87. The van der Waals surface area contributed by atoms with Crippen molar-refractivity contribution in [2.45, 2.75) is 96.6 Å².